The molecule has 1 fully saturated rings. The summed E-state index contributed by atoms with van der Waals surface area (Å²) in [4.78, 5) is 25.1. The van der Waals surface area contributed by atoms with E-state index in [0.717, 1.165) is 30.4 Å². The zero-order valence-corrected chi connectivity index (χ0v) is 24.8. The molecule has 0 saturated carbocycles. The van der Waals surface area contributed by atoms with Crippen LogP contribution in [0.1, 0.15) is 79.6 Å². The van der Waals surface area contributed by atoms with Crippen LogP contribution in [0.3, 0.4) is 0 Å². The molecule has 2 aliphatic rings. The molecular weight excluding hydrogens is 512 g/mol. The Morgan fingerprint density at radius 3 is 2.38 bits per heavy atom. The van der Waals surface area contributed by atoms with Crippen LogP contribution in [0.4, 0.5) is 0 Å². The van der Waals surface area contributed by atoms with Crippen molar-refractivity contribution in [2.24, 2.45) is 17.8 Å². The van der Waals surface area contributed by atoms with Crippen LogP contribution < -0.4 is 0 Å². The Labute approximate surface area is 239 Å². The Kier molecular flexibility index (Phi) is 14.0. The summed E-state index contributed by atoms with van der Waals surface area (Å²) >= 11 is 0. The Morgan fingerprint density at radius 1 is 1.00 bits per heavy atom. The molecule has 9 atom stereocenters. The van der Waals surface area contributed by atoms with Crippen LogP contribution in [0.5, 0.6) is 0 Å². The number of Topliss-reactive ketones (excluding diaryl/α,β-unsaturated/α-hetero) is 1. The molecule has 0 aromatic carbocycles. The van der Waals surface area contributed by atoms with Crippen molar-refractivity contribution in [3.05, 3.63) is 47.6 Å². The highest BCUT2D eigenvalue weighted by Gasteiger charge is 2.37. The normalized spacial score (nSPS) is 40.1. The molecule has 0 aromatic heterocycles. The first-order valence-electron chi connectivity index (χ1n) is 14.6. The molecule has 0 spiro atoms. The second-order valence-corrected chi connectivity index (χ2v) is 11.9. The first kappa shape index (κ1) is 34.1. The number of cyclic esters (lactones) is 1. The molecular formula is C32H50O8. The van der Waals surface area contributed by atoms with Crippen LogP contribution in [-0.4, -0.2) is 75.4 Å². The topological polar surface area (TPSA) is 137 Å². The van der Waals surface area contributed by atoms with E-state index in [0.29, 0.717) is 24.3 Å². The molecule has 1 saturated heterocycles. The zero-order chi connectivity index (χ0) is 30.0. The average Bonchev–Trinajstić information content (AvgIpc) is 3.62. The van der Waals surface area contributed by atoms with Gasteiger partial charge in [-0.15, -0.1) is 0 Å². The van der Waals surface area contributed by atoms with Gasteiger partial charge in [0.05, 0.1) is 24.9 Å². The second kappa shape index (κ2) is 16.4. The van der Waals surface area contributed by atoms with E-state index in [1.165, 1.54) is 0 Å². The highest BCUT2D eigenvalue weighted by molar-refractivity contribution is 5.87. The molecule has 8 nitrogen and oxygen atoms in total. The largest absolute Gasteiger partial charge is 0.457 e. The fourth-order valence-electron chi connectivity index (χ4n) is 5.17. The predicted octanol–water partition coefficient (Wildman–Crippen LogP) is 3.97. The molecule has 4 N–H and O–H groups in total. The number of fused-ring (bicyclic) bond motifs is 1. The number of hydrogen-bond acceptors (Lipinski definition) is 8. The molecule has 8 heteroatoms. The van der Waals surface area contributed by atoms with Gasteiger partial charge in [0.25, 0.3) is 0 Å². The van der Waals surface area contributed by atoms with Crippen molar-refractivity contribution >= 4 is 11.8 Å². The van der Waals surface area contributed by atoms with E-state index >= 15 is 0 Å². The monoisotopic (exact) mass is 562 g/mol. The van der Waals surface area contributed by atoms with E-state index in [1.54, 1.807) is 19.9 Å². The minimum atomic E-state index is -1.70. The number of carbonyl (C=O) groups excluding carboxylic acids is 2. The first-order valence-corrected chi connectivity index (χ1v) is 14.6. The van der Waals surface area contributed by atoms with Gasteiger partial charge in [-0.3, -0.25) is 4.79 Å². The summed E-state index contributed by atoms with van der Waals surface area (Å²) in [5.74, 6) is -1.49. The molecule has 0 bridgehead atoms. The predicted molar refractivity (Wildman–Crippen MR) is 154 cm³/mol. The van der Waals surface area contributed by atoms with E-state index in [2.05, 4.69) is 25.7 Å². The van der Waals surface area contributed by atoms with Crippen LogP contribution >= 0.6 is 0 Å². The summed E-state index contributed by atoms with van der Waals surface area (Å²) in [7, 11) is 0. The number of ketones is 1. The molecule has 0 aromatic rings. The zero-order valence-electron chi connectivity index (χ0n) is 24.8. The summed E-state index contributed by atoms with van der Waals surface area (Å²) < 4.78 is 11.2. The van der Waals surface area contributed by atoms with Gasteiger partial charge < -0.3 is 29.9 Å². The molecule has 0 aliphatic carbocycles. The Hall–Kier alpha value is -2.10. The maximum Gasteiger partial charge on any atom is 0.333 e. The van der Waals surface area contributed by atoms with Gasteiger partial charge in [-0.2, -0.15) is 0 Å². The van der Waals surface area contributed by atoms with E-state index in [9.17, 15) is 30.0 Å². The quantitative estimate of drug-likeness (QED) is 0.214. The molecule has 226 valence electrons. The van der Waals surface area contributed by atoms with E-state index in [-0.39, 0.29) is 31.0 Å². The van der Waals surface area contributed by atoms with Crippen molar-refractivity contribution in [1.29, 1.82) is 0 Å². The lowest BCUT2D eigenvalue weighted by Crippen LogP contribution is -2.41. The van der Waals surface area contributed by atoms with Crippen LogP contribution in [0.25, 0.3) is 0 Å². The number of rotatable bonds is 1. The second-order valence-electron chi connectivity index (χ2n) is 11.9. The van der Waals surface area contributed by atoms with Gasteiger partial charge in [0.2, 0.25) is 0 Å². The third-order valence-corrected chi connectivity index (χ3v) is 7.92. The standard InChI is InChI=1S/C32H50O8/c1-19-12-20(2)14-29-28(40-29)11-9-7-8-10-21(3)32(38)39-26(18-33)16-24(6)30(36)31(37)27(35)17-25(34)15-23(5)22(4)13-19/h9-11,13,20,23-26,28-31,33-34,36-37H,1,7-8,12,14-18H2,2-6H3/b11-9+,21-10+,22-13+/t20?,23-,24+,25+,26+,28-,29-,30+,31+/m0/s1. The van der Waals surface area contributed by atoms with Gasteiger partial charge >= 0.3 is 5.97 Å². The number of epoxide rings is 1. The summed E-state index contributed by atoms with van der Waals surface area (Å²) in [6.07, 6.45) is 6.52. The van der Waals surface area contributed by atoms with Crippen molar-refractivity contribution in [1.82, 2.24) is 0 Å². The third-order valence-electron chi connectivity index (χ3n) is 7.92. The van der Waals surface area contributed by atoms with Gasteiger partial charge in [-0.05, 0) is 70.1 Å². The number of carbonyl (C=O) groups is 2. The van der Waals surface area contributed by atoms with Crippen molar-refractivity contribution in [3.8, 4) is 0 Å². The third kappa shape index (κ3) is 11.4. The van der Waals surface area contributed by atoms with Crippen molar-refractivity contribution in [2.75, 3.05) is 6.61 Å². The van der Waals surface area contributed by atoms with Crippen molar-refractivity contribution < 1.29 is 39.5 Å². The molecule has 1 unspecified atom stereocenters. The fraction of sp³-hybridized carbons (Fsp3) is 0.688. The van der Waals surface area contributed by atoms with Crippen LogP contribution in [-0.2, 0) is 19.1 Å². The smallest absolute Gasteiger partial charge is 0.333 e. The molecule has 2 aliphatic heterocycles. The number of ether oxygens (including phenoxy) is 2. The Bertz CT molecular complexity index is 951. The molecule has 0 radical (unpaired) electrons. The molecule has 40 heavy (non-hydrogen) atoms. The van der Waals surface area contributed by atoms with Crippen LogP contribution in [0.15, 0.2) is 47.6 Å². The molecule has 0 amide bonds. The number of aliphatic hydroxyl groups is 4. The lowest BCUT2D eigenvalue weighted by molar-refractivity contribution is -0.149. The molecule has 2 heterocycles. The van der Waals surface area contributed by atoms with Gasteiger partial charge in [0.1, 0.15) is 18.3 Å². The van der Waals surface area contributed by atoms with Gasteiger partial charge in [0.15, 0.2) is 5.78 Å². The summed E-state index contributed by atoms with van der Waals surface area (Å²) in [5, 5.41) is 41.3. The maximum atomic E-state index is 12.6. The highest BCUT2D eigenvalue weighted by Crippen LogP contribution is 2.32. The van der Waals surface area contributed by atoms with Crippen LogP contribution in [0, 0.1) is 17.8 Å². The molecule has 2 rings (SSSR count). The summed E-state index contributed by atoms with van der Waals surface area (Å²) in [6, 6.07) is 0. The maximum absolute atomic E-state index is 12.6. The average molecular weight is 563 g/mol. The Morgan fingerprint density at radius 2 is 1.70 bits per heavy atom. The summed E-state index contributed by atoms with van der Waals surface area (Å²) in [6.45, 7) is 13.1. The van der Waals surface area contributed by atoms with Gasteiger partial charge in [-0.25, -0.2) is 4.79 Å². The van der Waals surface area contributed by atoms with E-state index in [1.807, 2.05) is 19.9 Å². The lowest BCUT2D eigenvalue weighted by Gasteiger charge is -2.27. The summed E-state index contributed by atoms with van der Waals surface area (Å²) in [5.41, 5.74) is 2.47. The number of hydrogen-bond donors (Lipinski definition) is 4. The first-order chi connectivity index (χ1) is 18.8. The highest BCUT2D eigenvalue weighted by atomic mass is 16.6. The van der Waals surface area contributed by atoms with E-state index in [4.69, 9.17) is 9.47 Å². The fourth-order valence-corrected chi connectivity index (χ4v) is 5.17. The van der Waals surface area contributed by atoms with E-state index < -0.39 is 48.7 Å². The van der Waals surface area contributed by atoms with Crippen LogP contribution in [0.2, 0.25) is 0 Å². The minimum Gasteiger partial charge on any atom is -0.457 e. The number of esters is 1. The lowest BCUT2D eigenvalue weighted by atomic mass is 9.88. The van der Waals surface area contributed by atoms with Gasteiger partial charge in [0, 0.05) is 12.0 Å². The SMILES string of the molecule is C=C1/C=C(\C)[C@@H](C)C[C@@H](O)CC(=O)[C@@H](O)[C@H](O)[C@H](C)C[C@H](CO)OC(=O)/C(C)=C/CC/C=C/[C@@H]2O[C@H]2CC(C)C1. The van der Waals surface area contributed by atoms with Gasteiger partial charge in [-0.1, -0.05) is 62.8 Å². The van der Waals surface area contributed by atoms with Crippen molar-refractivity contribution in [3.63, 3.8) is 0 Å². The Balaban J connectivity index is 2.13. The minimum absolute atomic E-state index is 0.00630. The van der Waals surface area contributed by atoms with Crippen molar-refractivity contribution in [2.45, 2.75) is 116 Å². The number of aliphatic hydroxyl groups excluding tert-OH is 4. The number of allylic oxidation sites excluding steroid dienone is 5.